The zero-order valence-corrected chi connectivity index (χ0v) is 32.5. The lowest BCUT2D eigenvalue weighted by Crippen LogP contribution is -2.20. The van der Waals surface area contributed by atoms with E-state index in [1.807, 2.05) is 36.4 Å². The second-order valence-electron chi connectivity index (χ2n) is 11.4. The van der Waals surface area contributed by atoms with Gasteiger partial charge in [0, 0.05) is 39.6 Å². The van der Waals surface area contributed by atoms with Crippen molar-refractivity contribution in [3.63, 3.8) is 0 Å². The number of halogens is 1. The number of nitrogens with zero attached hydrogens (tertiary/aromatic N) is 2. The molecule has 0 spiro atoms. The van der Waals surface area contributed by atoms with Gasteiger partial charge in [-0.25, -0.2) is 26.8 Å². The van der Waals surface area contributed by atoms with Gasteiger partial charge in [-0.05, 0) is 89.0 Å². The zero-order chi connectivity index (χ0) is 38.8. The maximum Gasteiger partial charge on any atom is 0.263 e. The highest BCUT2D eigenvalue weighted by atomic mass is 35.5. The molecule has 0 bridgehead atoms. The Morgan fingerprint density at radius 3 is 1.55 bits per heavy atom. The number of thiazole rings is 2. The number of hydrogen-bond acceptors (Lipinski definition) is 11. The molecule has 17 heteroatoms. The molecule has 0 aliphatic heterocycles. The first kappa shape index (κ1) is 38.9. The molecule has 0 saturated carbocycles. The third-order valence-corrected chi connectivity index (χ3v) is 12.1. The van der Waals surface area contributed by atoms with Gasteiger partial charge in [0.2, 0.25) is 0 Å². The average Bonchev–Trinajstić information content (AvgIpc) is 3.89. The van der Waals surface area contributed by atoms with Crippen LogP contribution >= 0.6 is 34.3 Å². The number of ether oxygens (including phenoxy) is 1. The molecule has 12 nitrogen and oxygen atoms in total. The van der Waals surface area contributed by atoms with Crippen LogP contribution < -0.4 is 25.2 Å². The normalized spacial score (nSPS) is 11.1. The zero-order valence-electron chi connectivity index (χ0n) is 28.5. The van der Waals surface area contributed by atoms with Crippen molar-refractivity contribution in [1.29, 1.82) is 0 Å². The number of sulfonamides is 2. The number of carbonyl (C=O) groups excluding carboxylic acids is 1. The number of carbonyl (C=O) groups is 1. The van der Waals surface area contributed by atoms with Crippen molar-refractivity contribution >= 4 is 81.9 Å². The molecule has 7 aromatic rings. The Morgan fingerprint density at radius 1 is 0.655 bits per heavy atom. The quantitative estimate of drug-likeness (QED) is 0.0878. The molecule has 1 amide bonds. The molecule has 2 heterocycles. The summed E-state index contributed by atoms with van der Waals surface area (Å²) < 4.78 is 59.7. The summed E-state index contributed by atoms with van der Waals surface area (Å²) in [6.45, 7) is -0.146. The van der Waals surface area contributed by atoms with E-state index >= 15 is 0 Å². The van der Waals surface area contributed by atoms with Crippen LogP contribution in [-0.2, 0) is 24.8 Å². The minimum absolute atomic E-state index is 0.144. The predicted molar refractivity (Wildman–Crippen MR) is 220 cm³/mol. The molecule has 55 heavy (non-hydrogen) atoms. The summed E-state index contributed by atoms with van der Waals surface area (Å²) in [5, 5.41) is 7.37. The number of benzene rings is 5. The average molecular weight is 831 g/mol. The smallest absolute Gasteiger partial charge is 0.263 e. The summed E-state index contributed by atoms with van der Waals surface area (Å²) in [6.07, 6.45) is 3.08. The van der Waals surface area contributed by atoms with Crippen molar-refractivity contribution in [3.8, 4) is 28.0 Å². The molecular formula is C38H31ClN6O6S4. The maximum absolute atomic E-state index is 12.5. The van der Waals surface area contributed by atoms with E-state index in [1.165, 1.54) is 41.0 Å². The van der Waals surface area contributed by atoms with E-state index in [-0.39, 0.29) is 22.3 Å². The Bertz CT molecular complexity index is 2560. The Labute approximate surface area is 330 Å². The second-order valence-corrected chi connectivity index (χ2v) is 17.0. The maximum atomic E-state index is 12.5. The molecule has 0 aliphatic rings. The van der Waals surface area contributed by atoms with Crippen LogP contribution in [0.1, 0.15) is 0 Å². The highest BCUT2D eigenvalue weighted by Crippen LogP contribution is 2.26. The molecular weight excluding hydrogens is 800 g/mol. The Morgan fingerprint density at radius 2 is 1.11 bits per heavy atom. The lowest BCUT2D eigenvalue weighted by atomic mass is 10.1. The van der Waals surface area contributed by atoms with E-state index in [0.717, 1.165) is 22.3 Å². The number of nitrogens with two attached hydrogens (primary N) is 1. The van der Waals surface area contributed by atoms with E-state index in [2.05, 4.69) is 24.7 Å². The van der Waals surface area contributed by atoms with Crippen LogP contribution in [0.4, 0.5) is 21.6 Å². The SMILES string of the molecule is Nc1ccc(-c2ccc(S(=O)(=O)Nc3nccs3)cc2)cc1.O=C(COc1cccc(Cl)c1)Nc1ccc(-c2ccc(S(=O)(=O)Nc3nccs3)cc2)cc1. The van der Waals surface area contributed by atoms with Gasteiger partial charge in [0.15, 0.2) is 16.9 Å². The third kappa shape index (κ3) is 10.9. The molecule has 0 fully saturated rings. The van der Waals surface area contributed by atoms with Gasteiger partial charge in [-0.1, -0.05) is 66.2 Å². The van der Waals surface area contributed by atoms with E-state index < -0.39 is 20.0 Å². The molecule has 0 unspecified atom stereocenters. The standard InChI is InChI=1S/C23H18ClN3O4S2.C15H13N3O2S2/c24-18-2-1-3-20(14-18)31-15-22(28)26-19-8-4-16(5-9-19)17-6-10-21(11-7-17)33(29,30)27-23-25-12-13-32-23;16-13-5-1-11(2-6-13)12-3-7-14(8-4-12)22(19,20)18-15-17-9-10-21-15/h1-14H,15H2,(H,25,27)(H,26,28);1-10H,16H2,(H,17,18). The first-order chi connectivity index (χ1) is 26.4. The fourth-order valence-corrected chi connectivity index (χ4v) is 8.63. The molecule has 5 aromatic carbocycles. The fraction of sp³-hybridized carbons (Fsp3) is 0.0263. The molecule has 0 atom stereocenters. The molecule has 280 valence electrons. The van der Waals surface area contributed by atoms with E-state index in [4.69, 9.17) is 22.1 Å². The van der Waals surface area contributed by atoms with Gasteiger partial charge in [0.25, 0.3) is 26.0 Å². The molecule has 7 rings (SSSR count). The van der Waals surface area contributed by atoms with Gasteiger partial charge < -0.3 is 15.8 Å². The van der Waals surface area contributed by atoms with Crippen LogP contribution in [0.5, 0.6) is 5.75 Å². The van der Waals surface area contributed by atoms with Crippen LogP contribution in [0, 0.1) is 0 Å². The molecule has 5 N–H and O–H groups in total. The summed E-state index contributed by atoms with van der Waals surface area (Å²) in [5.74, 6) is 0.213. The van der Waals surface area contributed by atoms with Crippen molar-refractivity contribution in [1.82, 2.24) is 9.97 Å². The molecule has 2 aromatic heterocycles. The van der Waals surface area contributed by atoms with Crippen LogP contribution in [-0.4, -0.2) is 39.3 Å². The van der Waals surface area contributed by atoms with Gasteiger partial charge in [0.05, 0.1) is 9.79 Å². The first-order valence-corrected chi connectivity index (χ1v) is 21.2. The number of amides is 1. The third-order valence-electron chi connectivity index (χ3n) is 7.55. The minimum atomic E-state index is -3.70. The van der Waals surface area contributed by atoms with Gasteiger partial charge in [-0.15, -0.1) is 22.7 Å². The lowest BCUT2D eigenvalue weighted by molar-refractivity contribution is -0.118. The summed E-state index contributed by atoms with van der Waals surface area (Å²) in [7, 11) is -7.31. The van der Waals surface area contributed by atoms with Crippen LogP contribution in [0.25, 0.3) is 22.3 Å². The Hall–Kier alpha value is -5.78. The summed E-state index contributed by atoms with van der Waals surface area (Å²) in [6, 6.07) is 34.6. The summed E-state index contributed by atoms with van der Waals surface area (Å²) >= 11 is 8.34. The van der Waals surface area contributed by atoms with Crippen molar-refractivity contribution in [2.45, 2.75) is 9.79 Å². The largest absolute Gasteiger partial charge is 0.484 e. The molecule has 0 aliphatic carbocycles. The number of hydrogen-bond donors (Lipinski definition) is 4. The highest BCUT2D eigenvalue weighted by Gasteiger charge is 2.17. The molecule has 0 saturated heterocycles. The van der Waals surface area contributed by atoms with Crippen LogP contribution in [0.2, 0.25) is 5.02 Å². The van der Waals surface area contributed by atoms with Crippen LogP contribution in [0.3, 0.4) is 0 Å². The summed E-state index contributed by atoms with van der Waals surface area (Å²) in [5.41, 5.74) is 10.6. The molecule has 0 radical (unpaired) electrons. The number of nitrogen functional groups attached to an aromatic ring is 1. The van der Waals surface area contributed by atoms with Crippen LogP contribution in [0.15, 0.2) is 154 Å². The van der Waals surface area contributed by atoms with Crippen molar-refractivity contribution < 1.29 is 26.4 Å². The van der Waals surface area contributed by atoms with Gasteiger partial charge in [0.1, 0.15) is 5.75 Å². The number of aromatic nitrogens is 2. The number of rotatable bonds is 12. The van der Waals surface area contributed by atoms with E-state index in [0.29, 0.717) is 32.4 Å². The van der Waals surface area contributed by atoms with Crippen molar-refractivity contribution in [2.24, 2.45) is 0 Å². The van der Waals surface area contributed by atoms with Crippen molar-refractivity contribution in [2.75, 3.05) is 27.1 Å². The monoisotopic (exact) mass is 830 g/mol. The lowest BCUT2D eigenvalue weighted by Gasteiger charge is -2.09. The summed E-state index contributed by atoms with van der Waals surface area (Å²) in [4.78, 5) is 20.3. The van der Waals surface area contributed by atoms with Crippen molar-refractivity contribution in [3.05, 3.63) is 150 Å². The van der Waals surface area contributed by atoms with E-state index in [9.17, 15) is 21.6 Å². The van der Waals surface area contributed by atoms with Gasteiger partial charge in [-0.2, -0.15) is 0 Å². The van der Waals surface area contributed by atoms with Gasteiger partial charge >= 0.3 is 0 Å². The highest BCUT2D eigenvalue weighted by molar-refractivity contribution is 7.93. The fourth-order valence-electron chi connectivity index (χ4n) is 4.87. The second kappa shape index (κ2) is 17.6. The predicted octanol–water partition coefficient (Wildman–Crippen LogP) is 8.47. The van der Waals surface area contributed by atoms with E-state index in [1.54, 1.807) is 89.8 Å². The van der Waals surface area contributed by atoms with Gasteiger partial charge in [-0.3, -0.25) is 14.2 Å². The number of anilines is 4. The topological polar surface area (TPSA) is 182 Å². The first-order valence-electron chi connectivity index (χ1n) is 16.1. The number of nitrogens with one attached hydrogen (secondary N) is 3. The minimum Gasteiger partial charge on any atom is -0.484 e. The Kier molecular flexibility index (Phi) is 12.4. The Balaban J connectivity index is 0.000000203.